The average Bonchev–Trinajstić information content (AvgIpc) is 3.22. The van der Waals surface area contributed by atoms with Crippen LogP contribution in [-0.4, -0.2) is 21.0 Å². The first-order chi connectivity index (χ1) is 16.1. The highest BCUT2D eigenvalue weighted by molar-refractivity contribution is 7.19. The Bertz CT molecular complexity index is 1320. The van der Waals surface area contributed by atoms with Crippen LogP contribution in [0.3, 0.4) is 0 Å². The van der Waals surface area contributed by atoms with Gasteiger partial charge in [-0.3, -0.25) is 15.1 Å². The van der Waals surface area contributed by atoms with Gasteiger partial charge in [0.05, 0.1) is 21.8 Å². The smallest absolute Gasteiger partial charge is 0.380 e. The van der Waals surface area contributed by atoms with E-state index in [0.717, 1.165) is 41.7 Å². The molecule has 0 spiro atoms. The third kappa shape index (κ3) is 4.80. The second kappa shape index (κ2) is 9.27. The Morgan fingerprint density at radius 1 is 1.00 bits per heavy atom. The minimum Gasteiger partial charge on any atom is -0.380 e. The van der Waals surface area contributed by atoms with Crippen LogP contribution < -0.4 is 5.32 Å². The summed E-state index contributed by atoms with van der Waals surface area (Å²) in [5.41, 5.74) is -1.60. The van der Waals surface area contributed by atoms with Crippen molar-refractivity contribution in [3.8, 4) is 10.4 Å². The Balaban J connectivity index is 1.78. The van der Waals surface area contributed by atoms with E-state index in [9.17, 15) is 31.9 Å². The number of benzene rings is 2. The number of rotatable bonds is 5. The van der Waals surface area contributed by atoms with Crippen LogP contribution >= 0.6 is 11.3 Å². The summed E-state index contributed by atoms with van der Waals surface area (Å²) in [6.45, 7) is 0. The molecular formula is C23H14F5N3O2S. The summed E-state index contributed by atoms with van der Waals surface area (Å²) in [7, 11) is 0. The molecule has 1 unspecified atom stereocenters. The highest BCUT2D eigenvalue weighted by atomic mass is 32.1. The highest BCUT2D eigenvalue weighted by Gasteiger charge is 2.31. The fraction of sp³-hybridized carbons (Fsp3) is 0.0870. The normalized spacial score (nSPS) is 12.4. The second-order valence-corrected chi connectivity index (χ2v) is 8.02. The van der Waals surface area contributed by atoms with Crippen LogP contribution in [0.2, 0.25) is 0 Å². The molecule has 0 aliphatic carbocycles. The van der Waals surface area contributed by atoms with E-state index in [0.29, 0.717) is 0 Å². The maximum Gasteiger partial charge on any atom is 0.416 e. The predicted molar refractivity (Wildman–Crippen MR) is 115 cm³/mol. The van der Waals surface area contributed by atoms with Gasteiger partial charge in [-0.05, 0) is 42.0 Å². The van der Waals surface area contributed by atoms with Crippen LogP contribution in [0.5, 0.6) is 0 Å². The van der Waals surface area contributed by atoms with Crippen molar-refractivity contribution < 1.29 is 31.9 Å². The molecule has 34 heavy (non-hydrogen) atoms. The number of aromatic nitrogens is 2. The minimum atomic E-state index is -4.61. The van der Waals surface area contributed by atoms with Crippen molar-refractivity contribution in [1.82, 2.24) is 9.97 Å². The van der Waals surface area contributed by atoms with E-state index in [1.54, 1.807) is 12.1 Å². The van der Waals surface area contributed by atoms with Gasteiger partial charge in [0.25, 0.3) is 5.91 Å². The molecule has 2 N–H and O–H groups in total. The largest absolute Gasteiger partial charge is 0.416 e. The lowest BCUT2D eigenvalue weighted by Crippen LogP contribution is -2.15. The SMILES string of the molecule is O=C(Nc1nc(C(O)c2ccccn2)c(-c2cccc(C(F)(F)F)c2)s1)c1c(F)cccc1F. The number of nitrogens with one attached hydrogen (secondary N) is 1. The van der Waals surface area contributed by atoms with E-state index in [4.69, 9.17) is 0 Å². The fourth-order valence-corrected chi connectivity index (χ4v) is 4.15. The van der Waals surface area contributed by atoms with Gasteiger partial charge in [0.15, 0.2) is 5.13 Å². The molecule has 11 heteroatoms. The molecule has 0 saturated heterocycles. The lowest BCUT2D eigenvalue weighted by atomic mass is 10.0. The number of hydrogen-bond acceptors (Lipinski definition) is 5. The molecule has 2 aromatic carbocycles. The van der Waals surface area contributed by atoms with Gasteiger partial charge in [-0.25, -0.2) is 13.8 Å². The number of carbonyl (C=O) groups excluding carboxylic acids is 1. The van der Waals surface area contributed by atoms with E-state index in [1.807, 2.05) is 0 Å². The number of alkyl halides is 3. The number of anilines is 1. The van der Waals surface area contributed by atoms with Gasteiger partial charge in [0.2, 0.25) is 0 Å². The maximum absolute atomic E-state index is 14.0. The topological polar surface area (TPSA) is 75.1 Å². The summed E-state index contributed by atoms with van der Waals surface area (Å²) < 4.78 is 67.7. The van der Waals surface area contributed by atoms with Crippen LogP contribution in [0.1, 0.15) is 33.4 Å². The Morgan fingerprint density at radius 3 is 2.35 bits per heavy atom. The lowest BCUT2D eigenvalue weighted by Gasteiger charge is -2.11. The number of hydrogen-bond donors (Lipinski definition) is 2. The van der Waals surface area contributed by atoms with Crippen molar-refractivity contribution in [2.45, 2.75) is 12.3 Å². The van der Waals surface area contributed by atoms with Gasteiger partial charge in [0, 0.05) is 6.20 Å². The average molecular weight is 491 g/mol. The van der Waals surface area contributed by atoms with E-state index in [2.05, 4.69) is 15.3 Å². The minimum absolute atomic E-state index is 0.0765. The molecule has 5 nitrogen and oxygen atoms in total. The van der Waals surface area contributed by atoms with Crippen molar-refractivity contribution in [2.75, 3.05) is 5.32 Å². The third-order valence-corrected chi connectivity index (χ3v) is 5.78. The van der Waals surface area contributed by atoms with Crippen LogP contribution in [0.15, 0.2) is 66.9 Å². The first-order valence-electron chi connectivity index (χ1n) is 9.68. The molecule has 0 aliphatic rings. The van der Waals surface area contributed by atoms with Crippen LogP contribution in [0.25, 0.3) is 10.4 Å². The van der Waals surface area contributed by atoms with E-state index < -0.39 is 40.9 Å². The second-order valence-electron chi connectivity index (χ2n) is 7.02. The van der Waals surface area contributed by atoms with Crippen molar-refractivity contribution >= 4 is 22.4 Å². The van der Waals surface area contributed by atoms with Crippen molar-refractivity contribution in [3.05, 3.63) is 101 Å². The van der Waals surface area contributed by atoms with Crippen molar-refractivity contribution in [3.63, 3.8) is 0 Å². The number of carbonyl (C=O) groups is 1. The quantitative estimate of drug-likeness (QED) is 0.344. The molecule has 4 aromatic rings. The number of aliphatic hydroxyl groups excluding tert-OH is 1. The molecule has 0 bridgehead atoms. The van der Waals surface area contributed by atoms with Gasteiger partial charge >= 0.3 is 6.18 Å². The summed E-state index contributed by atoms with van der Waals surface area (Å²) in [5, 5.41) is 12.9. The van der Waals surface area contributed by atoms with Gasteiger partial charge in [-0.2, -0.15) is 13.2 Å². The summed E-state index contributed by atoms with van der Waals surface area (Å²) in [5.74, 6) is -3.33. The summed E-state index contributed by atoms with van der Waals surface area (Å²) in [6.07, 6.45) is -4.64. The number of aliphatic hydroxyl groups is 1. The molecule has 0 saturated carbocycles. The number of thiazole rings is 1. The monoisotopic (exact) mass is 491 g/mol. The number of pyridine rings is 1. The Morgan fingerprint density at radius 2 is 1.71 bits per heavy atom. The number of halogens is 5. The van der Waals surface area contributed by atoms with Gasteiger partial charge in [0.1, 0.15) is 23.3 Å². The maximum atomic E-state index is 14.0. The van der Waals surface area contributed by atoms with E-state index >= 15 is 0 Å². The molecular weight excluding hydrogens is 477 g/mol. The molecule has 0 aliphatic heterocycles. The third-order valence-electron chi connectivity index (χ3n) is 4.74. The Kier molecular flexibility index (Phi) is 6.40. The number of nitrogens with zero attached hydrogens (tertiary/aromatic N) is 2. The first kappa shape index (κ1) is 23.5. The van der Waals surface area contributed by atoms with Crippen LogP contribution in [-0.2, 0) is 6.18 Å². The van der Waals surface area contributed by atoms with Crippen molar-refractivity contribution in [1.29, 1.82) is 0 Å². The zero-order valence-electron chi connectivity index (χ0n) is 17.0. The Labute approximate surface area is 193 Å². The fourth-order valence-electron chi connectivity index (χ4n) is 3.17. The molecule has 1 amide bonds. The Hall–Kier alpha value is -3.70. The van der Waals surface area contributed by atoms with E-state index in [1.165, 1.54) is 24.4 Å². The standard InChI is InChI=1S/C23H14F5N3O2S/c24-14-7-4-8-15(25)17(14)21(33)31-22-30-18(19(32)16-9-1-2-10-29-16)20(34-22)12-5-3-6-13(11-12)23(26,27)28/h1-11,19,32H,(H,30,31,33). The van der Waals surface area contributed by atoms with Crippen LogP contribution in [0.4, 0.5) is 27.1 Å². The highest BCUT2D eigenvalue weighted by Crippen LogP contribution is 2.40. The molecule has 2 aromatic heterocycles. The van der Waals surface area contributed by atoms with Gasteiger partial charge in [-0.1, -0.05) is 35.6 Å². The molecule has 2 heterocycles. The molecule has 1 atom stereocenters. The summed E-state index contributed by atoms with van der Waals surface area (Å²) >= 11 is 0.747. The predicted octanol–water partition coefficient (Wildman–Crippen LogP) is 5.84. The molecule has 174 valence electrons. The summed E-state index contributed by atoms with van der Waals surface area (Å²) in [4.78, 5) is 20.8. The summed E-state index contributed by atoms with van der Waals surface area (Å²) in [6, 6.07) is 12.0. The van der Waals surface area contributed by atoms with Gasteiger partial charge in [-0.15, -0.1) is 0 Å². The van der Waals surface area contributed by atoms with E-state index in [-0.39, 0.29) is 27.0 Å². The molecule has 0 fully saturated rings. The zero-order valence-corrected chi connectivity index (χ0v) is 17.8. The molecule has 4 rings (SSSR count). The molecule has 0 radical (unpaired) electrons. The zero-order chi connectivity index (χ0) is 24.5. The van der Waals surface area contributed by atoms with Crippen molar-refractivity contribution in [2.24, 2.45) is 0 Å². The lowest BCUT2D eigenvalue weighted by molar-refractivity contribution is -0.137. The first-order valence-corrected chi connectivity index (χ1v) is 10.5. The number of amides is 1. The van der Waals surface area contributed by atoms with Gasteiger partial charge < -0.3 is 5.11 Å². The van der Waals surface area contributed by atoms with Crippen LogP contribution in [0, 0.1) is 11.6 Å².